The van der Waals surface area contributed by atoms with Crippen LogP contribution in [0.15, 0.2) is 200 Å². The van der Waals surface area contributed by atoms with E-state index in [0.717, 1.165) is 62.2 Å². The molecule has 0 unspecified atom stereocenters. The number of rotatable bonds is 6. The van der Waals surface area contributed by atoms with Crippen molar-refractivity contribution in [2.45, 2.75) is 19.3 Å². The number of para-hydroxylation sites is 4. The fourth-order valence-electron chi connectivity index (χ4n) is 8.94. The van der Waals surface area contributed by atoms with Crippen LogP contribution in [0.25, 0.3) is 56.0 Å². The number of aromatic nitrogens is 4. The lowest BCUT2D eigenvalue weighted by Crippen LogP contribution is -2.15. The molecule has 0 bridgehead atoms. The Labute approximate surface area is 349 Å². The molecule has 0 spiro atoms. The predicted molar refractivity (Wildman–Crippen MR) is 246 cm³/mol. The average molecular weight is 770 g/mol. The summed E-state index contributed by atoms with van der Waals surface area (Å²) in [4.78, 5) is 2.27. The SMILES string of the molecule is CC1(C)c2cc(C#Cc3ccc(N(c4ccccc4)c4ccccc4)cc3)ccc2-c2cc3c(cc21)c1ccccc1n3-c1nnc(-c2ccccc2)n1-c1ccccc1. The molecule has 1 aliphatic rings. The fraction of sp³-hybridized carbons (Fsp3) is 0.0545. The maximum absolute atomic E-state index is 4.93. The van der Waals surface area contributed by atoms with Crippen molar-refractivity contribution in [2.75, 3.05) is 4.90 Å². The van der Waals surface area contributed by atoms with E-state index in [2.05, 4.69) is 204 Å². The quantitative estimate of drug-likeness (QED) is 0.158. The number of hydrogen-bond acceptors (Lipinski definition) is 3. The third-order valence-electron chi connectivity index (χ3n) is 11.9. The van der Waals surface area contributed by atoms with Gasteiger partial charge in [0.2, 0.25) is 5.95 Å². The zero-order chi connectivity index (χ0) is 40.2. The summed E-state index contributed by atoms with van der Waals surface area (Å²) in [7, 11) is 0. The Kier molecular flexibility index (Phi) is 8.32. The first kappa shape index (κ1) is 35.2. The Bertz CT molecular complexity index is 3220. The molecule has 5 heteroatoms. The molecular formula is C55H39N5. The van der Waals surface area contributed by atoms with Gasteiger partial charge in [0, 0.05) is 49.9 Å². The van der Waals surface area contributed by atoms with Crippen molar-refractivity contribution in [1.29, 1.82) is 0 Å². The molecule has 8 aromatic carbocycles. The van der Waals surface area contributed by atoms with Gasteiger partial charge in [-0.05, 0) is 113 Å². The molecule has 284 valence electrons. The maximum atomic E-state index is 4.93. The molecule has 1 aliphatic carbocycles. The van der Waals surface area contributed by atoms with E-state index in [-0.39, 0.29) is 5.41 Å². The van der Waals surface area contributed by atoms with E-state index in [1.807, 2.05) is 36.4 Å². The Balaban J connectivity index is 0.990. The molecule has 0 saturated heterocycles. The minimum atomic E-state index is -0.232. The zero-order valence-electron chi connectivity index (χ0n) is 33.3. The molecule has 0 amide bonds. The van der Waals surface area contributed by atoms with E-state index in [1.165, 1.54) is 33.0 Å². The van der Waals surface area contributed by atoms with Crippen LogP contribution >= 0.6 is 0 Å². The number of hydrogen-bond donors (Lipinski definition) is 0. The Morgan fingerprint density at radius 2 is 1.02 bits per heavy atom. The molecule has 0 saturated carbocycles. The van der Waals surface area contributed by atoms with Gasteiger partial charge in [0.25, 0.3) is 0 Å². The topological polar surface area (TPSA) is 38.9 Å². The number of nitrogens with zero attached hydrogens (tertiary/aromatic N) is 5. The highest BCUT2D eigenvalue weighted by molar-refractivity contribution is 6.11. The van der Waals surface area contributed by atoms with Crippen LogP contribution in [-0.2, 0) is 5.41 Å². The monoisotopic (exact) mass is 769 g/mol. The first-order valence-electron chi connectivity index (χ1n) is 20.3. The third-order valence-corrected chi connectivity index (χ3v) is 11.9. The standard InChI is InChI=1S/C55H39N5/c1-55(2)49-35-39(28-27-38-29-32-44(33-30-38)58(41-19-9-4-10-20-41)42-21-11-5-12-22-42)31-34-45(49)47-37-52-48(36-50(47)55)46-25-15-16-26-51(46)60(52)54-57-56-53(40-17-7-3-8-18-40)59(54)43-23-13-6-14-24-43/h3-26,29-37H,1-2H3. The first-order valence-corrected chi connectivity index (χ1v) is 20.3. The van der Waals surface area contributed by atoms with Crippen molar-refractivity contribution >= 4 is 38.9 Å². The van der Waals surface area contributed by atoms with Gasteiger partial charge in [0.1, 0.15) is 0 Å². The van der Waals surface area contributed by atoms with Crippen LogP contribution < -0.4 is 4.90 Å². The molecule has 0 aliphatic heterocycles. The summed E-state index contributed by atoms with van der Waals surface area (Å²) in [6.07, 6.45) is 0. The third kappa shape index (κ3) is 5.81. The van der Waals surface area contributed by atoms with Gasteiger partial charge in [-0.2, -0.15) is 0 Å². The van der Waals surface area contributed by atoms with Crippen LogP contribution in [-0.4, -0.2) is 19.3 Å². The highest BCUT2D eigenvalue weighted by Crippen LogP contribution is 2.51. The summed E-state index contributed by atoms with van der Waals surface area (Å²) in [5.41, 5.74) is 14.3. The Morgan fingerprint density at radius 1 is 0.450 bits per heavy atom. The number of fused-ring (bicyclic) bond motifs is 6. The molecule has 0 N–H and O–H groups in total. The van der Waals surface area contributed by atoms with Crippen molar-refractivity contribution in [1.82, 2.24) is 19.3 Å². The molecule has 11 rings (SSSR count). The largest absolute Gasteiger partial charge is 0.311 e. The van der Waals surface area contributed by atoms with Gasteiger partial charge in [-0.25, -0.2) is 0 Å². The van der Waals surface area contributed by atoms with Crippen molar-refractivity contribution in [3.63, 3.8) is 0 Å². The Hall–Kier alpha value is -7.94. The summed E-state index contributed by atoms with van der Waals surface area (Å²) < 4.78 is 4.46. The second-order valence-corrected chi connectivity index (χ2v) is 15.8. The van der Waals surface area contributed by atoms with Gasteiger partial charge in [0.05, 0.1) is 16.7 Å². The zero-order valence-corrected chi connectivity index (χ0v) is 33.3. The summed E-state index contributed by atoms with van der Waals surface area (Å²) in [5, 5.41) is 12.1. The molecule has 2 aromatic heterocycles. The molecule has 2 heterocycles. The summed E-state index contributed by atoms with van der Waals surface area (Å²) in [6, 6.07) is 70.3. The summed E-state index contributed by atoms with van der Waals surface area (Å²) in [6.45, 7) is 4.67. The highest BCUT2D eigenvalue weighted by atomic mass is 15.4. The molecular weight excluding hydrogens is 731 g/mol. The second-order valence-electron chi connectivity index (χ2n) is 15.8. The van der Waals surface area contributed by atoms with Crippen molar-refractivity contribution < 1.29 is 0 Å². The summed E-state index contributed by atoms with van der Waals surface area (Å²) >= 11 is 0. The van der Waals surface area contributed by atoms with Crippen LogP contribution in [0.5, 0.6) is 0 Å². The normalized spacial score (nSPS) is 12.5. The fourth-order valence-corrected chi connectivity index (χ4v) is 8.94. The van der Waals surface area contributed by atoms with Gasteiger partial charge in [0.15, 0.2) is 5.82 Å². The average Bonchev–Trinajstić information content (AvgIpc) is 3.95. The van der Waals surface area contributed by atoms with Crippen LogP contribution in [0.1, 0.15) is 36.1 Å². The first-order chi connectivity index (χ1) is 29.5. The second kappa shape index (κ2) is 14.2. The molecule has 5 nitrogen and oxygen atoms in total. The van der Waals surface area contributed by atoms with Gasteiger partial charge in [-0.1, -0.05) is 135 Å². The van der Waals surface area contributed by atoms with Crippen LogP contribution in [0, 0.1) is 11.8 Å². The predicted octanol–water partition coefficient (Wildman–Crippen LogP) is 13.2. The van der Waals surface area contributed by atoms with E-state index < -0.39 is 0 Å². The van der Waals surface area contributed by atoms with Gasteiger partial charge < -0.3 is 4.90 Å². The van der Waals surface area contributed by atoms with E-state index in [4.69, 9.17) is 10.2 Å². The van der Waals surface area contributed by atoms with Crippen molar-refractivity contribution in [3.05, 3.63) is 222 Å². The number of anilines is 3. The van der Waals surface area contributed by atoms with E-state index in [0.29, 0.717) is 0 Å². The van der Waals surface area contributed by atoms with Crippen LogP contribution in [0.3, 0.4) is 0 Å². The van der Waals surface area contributed by atoms with Crippen LogP contribution in [0.4, 0.5) is 17.1 Å². The van der Waals surface area contributed by atoms with E-state index >= 15 is 0 Å². The highest BCUT2D eigenvalue weighted by Gasteiger charge is 2.37. The maximum Gasteiger partial charge on any atom is 0.241 e. The van der Waals surface area contributed by atoms with Gasteiger partial charge in [-0.15, -0.1) is 10.2 Å². The summed E-state index contributed by atoms with van der Waals surface area (Å²) in [5.74, 6) is 8.50. The molecule has 10 aromatic rings. The van der Waals surface area contributed by atoms with E-state index in [9.17, 15) is 0 Å². The van der Waals surface area contributed by atoms with Gasteiger partial charge in [-0.3, -0.25) is 9.13 Å². The van der Waals surface area contributed by atoms with E-state index in [1.54, 1.807) is 0 Å². The van der Waals surface area contributed by atoms with Crippen molar-refractivity contribution in [2.24, 2.45) is 0 Å². The lowest BCUT2D eigenvalue weighted by Gasteiger charge is -2.25. The van der Waals surface area contributed by atoms with Crippen LogP contribution in [0.2, 0.25) is 0 Å². The lowest BCUT2D eigenvalue weighted by atomic mass is 9.81. The smallest absolute Gasteiger partial charge is 0.241 e. The molecule has 0 fully saturated rings. The minimum absolute atomic E-state index is 0.232. The van der Waals surface area contributed by atoms with Gasteiger partial charge >= 0.3 is 0 Å². The molecule has 0 atom stereocenters. The minimum Gasteiger partial charge on any atom is -0.311 e. The Morgan fingerprint density at radius 3 is 1.72 bits per heavy atom. The lowest BCUT2D eigenvalue weighted by molar-refractivity contribution is 0.661. The molecule has 0 radical (unpaired) electrons. The number of benzene rings is 8. The molecule has 60 heavy (non-hydrogen) atoms. The van der Waals surface area contributed by atoms with Crippen molar-refractivity contribution in [3.8, 4) is 46.0 Å².